The molecule has 6 heteroatoms. The van der Waals surface area contributed by atoms with Gasteiger partial charge < -0.3 is 0 Å². The van der Waals surface area contributed by atoms with E-state index < -0.39 is 0 Å². The van der Waals surface area contributed by atoms with Gasteiger partial charge in [0.25, 0.3) is 0 Å². The number of para-hydroxylation sites is 2. The van der Waals surface area contributed by atoms with Crippen LogP contribution in [0.5, 0.6) is 0 Å². The number of halogens is 2. The van der Waals surface area contributed by atoms with Crippen molar-refractivity contribution in [1.82, 2.24) is 19.7 Å². The van der Waals surface area contributed by atoms with Crippen molar-refractivity contribution in [1.29, 1.82) is 0 Å². The minimum atomic E-state index is 0.297. The van der Waals surface area contributed by atoms with E-state index in [0.717, 1.165) is 16.9 Å². The van der Waals surface area contributed by atoms with Gasteiger partial charge in [0.15, 0.2) is 10.3 Å². The van der Waals surface area contributed by atoms with Crippen LogP contribution in [0.1, 0.15) is 5.82 Å². The normalized spacial score (nSPS) is 11.1. The van der Waals surface area contributed by atoms with E-state index in [0.29, 0.717) is 16.0 Å². The Morgan fingerprint density at radius 1 is 1.11 bits per heavy atom. The molecule has 18 heavy (non-hydrogen) atoms. The highest BCUT2D eigenvalue weighted by Crippen LogP contribution is 2.26. The molecule has 0 aliphatic heterocycles. The number of aromatic nitrogens is 4. The minimum Gasteiger partial charge on any atom is -0.293 e. The first kappa shape index (κ1) is 11.4. The standard InChI is InChI=1S/C12H8Cl2N4/c1-7-15-8-4-2-3-5-9(8)18(7)10-6-11(13)16-17-12(10)14/h2-6H,1H3. The highest BCUT2D eigenvalue weighted by molar-refractivity contribution is 6.32. The number of imidazole rings is 1. The van der Waals surface area contributed by atoms with E-state index >= 15 is 0 Å². The molecule has 3 aromatic rings. The number of rotatable bonds is 1. The molecule has 0 bridgehead atoms. The predicted octanol–water partition coefficient (Wildman–Crippen LogP) is 3.43. The van der Waals surface area contributed by atoms with Crippen LogP contribution < -0.4 is 0 Å². The summed E-state index contributed by atoms with van der Waals surface area (Å²) < 4.78 is 1.91. The Morgan fingerprint density at radius 2 is 1.89 bits per heavy atom. The summed E-state index contributed by atoms with van der Waals surface area (Å²) in [6, 6.07) is 9.49. The lowest BCUT2D eigenvalue weighted by Crippen LogP contribution is -2.00. The zero-order valence-electron chi connectivity index (χ0n) is 9.43. The van der Waals surface area contributed by atoms with E-state index in [1.807, 2.05) is 35.8 Å². The molecule has 90 valence electrons. The van der Waals surface area contributed by atoms with Crippen molar-refractivity contribution < 1.29 is 0 Å². The van der Waals surface area contributed by atoms with Crippen molar-refractivity contribution >= 4 is 34.2 Å². The van der Waals surface area contributed by atoms with Crippen LogP contribution in [-0.2, 0) is 0 Å². The fourth-order valence-corrected chi connectivity index (χ4v) is 2.27. The summed E-state index contributed by atoms with van der Waals surface area (Å²) in [7, 11) is 0. The molecule has 2 aromatic heterocycles. The lowest BCUT2D eigenvalue weighted by molar-refractivity contribution is 0.951. The Bertz CT molecular complexity index is 736. The number of aryl methyl sites for hydroxylation is 1. The van der Waals surface area contributed by atoms with Crippen LogP contribution in [0, 0.1) is 6.92 Å². The molecule has 2 heterocycles. The molecule has 0 radical (unpaired) electrons. The highest BCUT2D eigenvalue weighted by Gasteiger charge is 2.13. The van der Waals surface area contributed by atoms with Gasteiger partial charge in [-0.25, -0.2) is 4.98 Å². The van der Waals surface area contributed by atoms with E-state index in [2.05, 4.69) is 15.2 Å². The summed E-state index contributed by atoms with van der Waals surface area (Å²) in [5, 5.41) is 8.12. The molecule has 0 fully saturated rings. The number of hydrogen-bond acceptors (Lipinski definition) is 3. The maximum atomic E-state index is 6.08. The molecule has 3 rings (SSSR count). The van der Waals surface area contributed by atoms with Crippen LogP contribution in [0.2, 0.25) is 10.3 Å². The first-order valence-corrected chi connectivity index (χ1v) is 6.05. The molecule has 0 N–H and O–H groups in total. The van der Waals surface area contributed by atoms with Gasteiger partial charge in [0, 0.05) is 6.07 Å². The molecular weight excluding hydrogens is 271 g/mol. The number of benzene rings is 1. The quantitative estimate of drug-likeness (QED) is 0.685. The van der Waals surface area contributed by atoms with Gasteiger partial charge in [0.05, 0.1) is 16.7 Å². The Kier molecular flexibility index (Phi) is 2.69. The van der Waals surface area contributed by atoms with E-state index in [9.17, 15) is 0 Å². The lowest BCUT2D eigenvalue weighted by atomic mass is 10.3. The van der Waals surface area contributed by atoms with E-state index in [1.54, 1.807) is 6.07 Å². The van der Waals surface area contributed by atoms with Crippen LogP contribution >= 0.6 is 23.2 Å². The van der Waals surface area contributed by atoms with Gasteiger partial charge in [-0.05, 0) is 19.1 Å². The van der Waals surface area contributed by atoms with Gasteiger partial charge in [0.2, 0.25) is 0 Å². The molecule has 0 unspecified atom stereocenters. The summed E-state index contributed by atoms with van der Waals surface area (Å²) in [5.74, 6) is 0.821. The lowest BCUT2D eigenvalue weighted by Gasteiger charge is -2.07. The topological polar surface area (TPSA) is 43.6 Å². The van der Waals surface area contributed by atoms with Gasteiger partial charge in [0.1, 0.15) is 5.82 Å². The van der Waals surface area contributed by atoms with Crippen molar-refractivity contribution in [3.8, 4) is 5.69 Å². The monoisotopic (exact) mass is 278 g/mol. The van der Waals surface area contributed by atoms with E-state index in [-0.39, 0.29) is 0 Å². The molecule has 4 nitrogen and oxygen atoms in total. The third kappa shape index (κ3) is 1.74. The fraction of sp³-hybridized carbons (Fsp3) is 0.0833. The molecule has 0 spiro atoms. The largest absolute Gasteiger partial charge is 0.293 e. The second-order valence-corrected chi connectivity index (χ2v) is 4.57. The summed E-state index contributed by atoms with van der Waals surface area (Å²) in [6.45, 7) is 1.91. The summed E-state index contributed by atoms with van der Waals surface area (Å²) in [6.07, 6.45) is 0. The Morgan fingerprint density at radius 3 is 2.72 bits per heavy atom. The summed E-state index contributed by atoms with van der Waals surface area (Å²) in [5.41, 5.74) is 2.54. The van der Waals surface area contributed by atoms with Gasteiger partial charge in [-0.15, -0.1) is 10.2 Å². The van der Waals surface area contributed by atoms with Gasteiger partial charge >= 0.3 is 0 Å². The molecular formula is C12H8Cl2N4. The second kappa shape index (κ2) is 4.23. The molecule has 0 saturated carbocycles. The average Bonchev–Trinajstić information content (AvgIpc) is 2.68. The van der Waals surface area contributed by atoms with Crippen LogP contribution in [0.15, 0.2) is 30.3 Å². The molecule has 0 saturated heterocycles. The van der Waals surface area contributed by atoms with Gasteiger partial charge in [-0.3, -0.25) is 4.57 Å². The molecule has 0 aliphatic rings. The van der Waals surface area contributed by atoms with Crippen molar-refractivity contribution in [2.45, 2.75) is 6.92 Å². The highest BCUT2D eigenvalue weighted by atomic mass is 35.5. The summed E-state index contributed by atoms with van der Waals surface area (Å²) >= 11 is 12.0. The average molecular weight is 279 g/mol. The van der Waals surface area contributed by atoms with Gasteiger partial charge in [-0.1, -0.05) is 35.3 Å². The first-order valence-electron chi connectivity index (χ1n) is 5.30. The zero-order chi connectivity index (χ0) is 12.7. The zero-order valence-corrected chi connectivity index (χ0v) is 10.9. The van der Waals surface area contributed by atoms with Crippen molar-refractivity contribution in [2.75, 3.05) is 0 Å². The maximum absolute atomic E-state index is 6.08. The van der Waals surface area contributed by atoms with Crippen LogP contribution in [0.25, 0.3) is 16.7 Å². The maximum Gasteiger partial charge on any atom is 0.175 e. The Hall–Kier alpha value is -1.65. The third-order valence-electron chi connectivity index (χ3n) is 2.67. The number of hydrogen-bond donors (Lipinski definition) is 0. The first-order chi connectivity index (χ1) is 8.66. The minimum absolute atomic E-state index is 0.297. The molecule has 0 atom stereocenters. The van der Waals surface area contributed by atoms with E-state index in [1.165, 1.54) is 0 Å². The molecule has 1 aromatic carbocycles. The fourth-order valence-electron chi connectivity index (χ4n) is 1.95. The van der Waals surface area contributed by atoms with Crippen molar-refractivity contribution in [2.24, 2.45) is 0 Å². The predicted molar refractivity (Wildman–Crippen MR) is 71.4 cm³/mol. The van der Waals surface area contributed by atoms with Crippen LogP contribution in [0.4, 0.5) is 0 Å². The van der Waals surface area contributed by atoms with Crippen molar-refractivity contribution in [3.05, 3.63) is 46.5 Å². The number of fused-ring (bicyclic) bond motifs is 1. The van der Waals surface area contributed by atoms with Crippen LogP contribution in [-0.4, -0.2) is 19.7 Å². The Balaban J connectivity index is 2.37. The summed E-state index contributed by atoms with van der Waals surface area (Å²) in [4.78, 5) is 4.47. The second-order valence-electron chi connectivity index (χ2n) is 3.83. The third-order valence-corrected chi connectivity index (χ3v) is 3.12. The van der Waals surface area contributed by atoms with Crippen molar-refractivity contribution in [3.63, 3.8) is 0 Å². The van der Waals surface area contributed by atoms with Gasteiger partial charge in [-0.2, -0.15) is 0 Å². The smallest absolute Gasteiger partial charge is 0.175 e. The number of nitrogens with zero attached hydrogens (tertiary/aromatic N) is 4. The molecule has 0 amide bonds. The van der Waals surface area contributed by atoms with Crippen LogP contribution in [0.3, 0.4) is 0 Å². The van der Waals surface area contributed by atoms with E-state index in [4.69, 9.17) is 23.2 Å². The molecule has 0 aliphatic carbocycles. The SMILES string of the molecule is Cc1nc2ccccc2n1-c1cc(Cl)nnc1Cl. The Labute approximate surface area is 113 Å².